The molecule has 0 aromatic carbocycles. The normalized spacial score (nSPS) is 25.6. The minimum Gasteiger partial charge on any atom is -0.237 e. The summed E-state index contributed by atoms with van der Waals surface area (Å²) in [5.41, 5.74) is 4.30. The van der Waals surface area contributed by atoms with Crippen LogP contribution in [0.3, 0.4) is 0 Å². The summed E-state index contributed by atoms with van der Waals surface area (Å²) in [6.07, 6.45) is 8.12. The van der Waals surface area contributed by atoms with E-state index in [-0.39, 0.29) is 5.41 Å². The summed E-state index contributed by atoms with van der Waals surface area (Å²) in [7, 11) is 0. The van der Waals surface area contributed by atoms with Crippen molar-refractivity contribution in [3.8, 4) is 0 Å². The molecule has 0 spiro atoms. The zero-order valence-electron chi connectivity index (χ0n) is 14.4. The number of fused-ring (bicyclic) bond motifs is 3. The van der Waals surface area contributed by atoms with Crippen molar-refractivity contribution in [3.05, 3.63) is 22.8 Å². The summed E-state index contributed by atoms with van der Waals surface area (Å²) in [6, 6.07) is 0. The van der Waals surface area contributed by atoms with Gasteiger partial charge in [-0.05, 0) is 43.1 Å². The van der Waals surface area contributed by atoms with E-state index >= 15 is 0 Å². The summed E-state index contributed by atoms with van der Waals surface area (Å²) in [5.74, 6) is 3.15. The van der Waals surface area contributed by atoms with Crippen molar-refractivity contribution in [3.63, 3.8) is 0 Å². The lowest BCUT2D eigenvalue weighted by Gasteiger charge is -2.38. The molecule has 1 fully saturated rings. The summed E-state index contributed by atoms with van der Waals surface area (Å²) in [5, 5.41) is 0. The zero-order chi connectivity index (χ0) is 15.2. The molecule has 1 heterocycles. The average molecular weight is 286 g/mol. The van der Waals surface area contributed by atoms with Crippen LogP contribution in [-0.4, -0.2) is 9.97 Å². The number of hydrogen-bond acceptors (Lipinski definition) is 2. The van der Waals surface area contributed by atoms with Gasteiger partial charge in [-0.15, -0.1) is 0 Å². The molecular weight excluding hydrogens is 256 g/mol. The molecule has 1 aromatic rings. The Morgan fingerprint density at radius 3 is 2.38 bits per heavy atom. The highest BCUT2D eigenvalue weighted by Crippen LogP contribution is 2.46. The van der Waals surface area contributed by atoms with Gasteiger partial charge in [0.15, 0.2) is 0 Å². The third kappa shape index (κ3) is 2.74. The van der Waals surface area contributed by atoms with Crippen LogP contribution in [0.25, 0.3) is 0 Å². The molecule has 21 heavy (non-hydrogen) atoms. The van der Waals surface area contributed by atoms with Crippen LogP contribution in [0.1, 0.15) is 101 Å². The van der Waals surface area contributed by atoms with Crippen molar-refractivity contribution in [2.75, 3.05) is 0 Å². The third-order valence-electron chi connectivity index (χ3n) is 5.31. The van der Waals surface area contributed by atoms with Crippen molar-refractivity contribution < 1.29 is 0 Å². The van der Waals surface area contributed by atoms with Crippen LogP contribution in [-0.2, 0) is 11.8 Å². The molecule has 0 bridgehead atoms. The Morgan fingerprint density at radius 2 is 1.71 bits per heavy atom. The lowest BCUT2D eigenvalue weighted by atomic mass is 9.69. The monoisotopic (exact) mass is 286 g/mol. The number of rotatable bonds is 1. The van der Waals surface area contributed by atoms with Crippen LogP contribution in [0.2, 0.25) is 0 Å². The third-order valence-corrected chi connectivity index (χ3v) is 5.31. The summed E-state index contributed by atoms with van der Waals surface area (Å²) >= 11 is 0. The number of nitrogens with zero attached hydrogens (tertiary/aromatic N) is 2. The van der Waals surface area contributed by atoms with E-state index in [1.54, 1.807) is 0 Å². The van der Waals surface area contributed by atoms with Crippen LogP contribution in [0.15, 0.2) is 0 Å². The van der Waals surface area contributed by atoms with Crippen molar-refractivity contribution in [2.45, 2.75) is 90.4 Å². The number of hydrogen-bond donors (Lipinski definition) is 0. The van der Waals surface area contributed by atoms with E-state index in [2.05, 4.69) is 34.6 Å². The van der Waals surface area contributed by atoms with Crippen molar-refractivity contribution in [1.29, 1.82) is 0 Å². The van der Waals surface area contributed by atoms with E-state index in [0.29, 0.717) is 11.8 Å². The highest BCUT2D eigenvalue weighted by atomic mass is 14.9. The van der Waals surface area contributed by atoms with Crippen molar-refractivity contribution in [1.82, 2.24) is 9.97 Å². The molecule has 0 aliphatic heterocycles. The fourth-order valence-electron chi connectivity index (χ4n) is 4.14. The van der Waals surface area contributed by atoms with Gasteiger partial charge in [-0.25, -0.2) is 9.97 Å². The van der Waals surface area contributed by atoms with E-state index in [1.165, 1.54) is 55.5 Å². The predicted octanol–water partition coefficient (Wildman–Crippen LogP) is 5.12. The molecule has 116 valence electrons. The first-order valence-electron chi connectivity index (χ1n) is 8.79. The number of aromatic nitrogens is 2. The first kappa shape index (κ1) is 15.0. The molecule has 2 atom stereocenters. The standard InChI is InChI=1S/C19H30N2/c1-12(2)16-15-11-10-13-8-6-7-9-14(13)17(15)21-18(20-16)19(3,4)5/h12-14H,6-11H2,1-5H3. The lowest BCUT2D eigenvalue weighted by molar-refractivity contribution is 0.267. The molecule has 1 aromatic heterocycles. The second-order valence-electron chi connectivity index (χ2n) is 8.39. The summed E-state index contributed by atoms with van der Waals surface area (Å²) < 4.78 is 0. The van der Waals surface area contributed by atoms with Gasteiger partial charge in [0.05, 0.1) is 11.4 Å². The Balaban J connectivity index is 2.13. The molecule has 2 aliphatic rings. The van der Waals surface area contributed by atoms with E-state index in [0.717, 1.165) is 11.7 Å². The predicted molar refractivity (Wildman–Crippen MR) is 87.8 cm³/mol. The molecule has 0 N–H and O–H groups in total. The van der Waals surface area contributed by atoms with E-state index in [9.17, 15) is 0 Å². The van der Waals surface area contributed by atoms with E-state index in [4.69, 9.17) is 9.97 Å². The Labute approximate surface area is 129 Å². The van der Waals surface area contributed by atoms with Gasteiger partial charge in [0.1, 0.15) is 5.82 Å². The van der Waals surface area contributed by atoms with Gasteiger partial charge in [-0.2, -0.15) is 0 Å². The molecule has 3 rings (SSSR count). The minimum absolute atomic E-state index is 0.0419. The van der Waals surface area contributed by atoms with Crippen LogP contribution in [0, 0.1) is 5.92 Å². The van der Waals surface area contributed by atoms with Gasteiger partial charge in [0.2, 0.25) is 0 Å². The quantitative estimate of drug-likeness (QED) is 0.716. The van der Waals surface area contributed by atoms with Crippen LogP contribution < -0.4 is 0 Å². The van der Waals surface area contributed by atoms with Gasteiger partial charge in [-0.3, -0.25) is 0 Å². The van der Waals surface area contributed by atoms with E-state index < -0.39 is 0 Å². The Morgan fingerprint density at radius 1 is 1.00 bits per heavy atom. The topological polar surface area (TPSA) is 25.8 Å². The minimum atomic E-state index is 0.0419. The average Bonchev–Trinajstić information content (AvgIpc) is 2.44. The van der Waals surface area contributed by atoms with Gasteiger partial charge < -0.3 is 0 Å². The van der Waals surface area contributed by atoms with Crippen LogP contribution >= 0.6 is 0 Å². The van der Waals surface area contributed by atoms with Crippen LogP contribution in [0.4, 0.5) is 0 Å². The Hall–Kier alpha value is -0.920. The Bertz CT molecular complexity index is 525. The van der Waals surface area contributed by atoms with E-state index in [1.807, 2.05) is 0 Å². The molecule has 2 unspecified atom stereocenters. The molecule has 0 radical (unpaired) electrons. The molecule has 1 saturated carbocycles. The van der Waals surface area contributed by atoms with Gasteiger partial charge >= 0.3 is 0 Å². The largest absolute Gasteiger partial charge is 0.237 e. The van der Waals surface area contributed by atoms with Crippen molar-refractivity contribution >= 4 is 0 Å². The summed E-state index contributed by atoms with van der Waals surface area (Å²) in [6.45, 7) is 11.3. The maximum absolute atomic E-state index is 5.10. The van der Waals surface area contributed by atoms with Gasteiger partial charge in [-0.1, -0.05) is 47.5 Å². The Kier molecular flexibility index (Phi) is 3.83. The fourth-order valence-corrected chi connectivity index (χ4v) is 4.14. The SMILES string of the molecule is CC(C)c1nc(C(C)(C)C)nc2c1CCC1CCCCC21. The van der Waals surface area contributed by atoms with Crippen LogP contribution in [0.5, 0.6) is 0 Å². The zero-order valence-corrected chi connectivity index (χ0v) is 14.4. The molecule has 2 aliphatic carbocycles. The summed E-state index contributed by atoms with van der Waals surface area (Å²) in [4.78, 5) is 10.1. The first-order valence-corrected chi connectivity index (χ1v) is 8.79. The highest BCUT2D eigenvalue weighted by Gasteiger charge is 2.36. The molecule has 0 saturated heterocycles. The molecule has 2 heteroatoms. The molecular formula is C19H30N2. The van der Waals surface area contributed by atoms with Gasteiger partial charge in [0.25, 0.3) is 0 Å². The van der Waals surface area contributed by atoms with Crippen molar-refractivity contribution in [2.24, 2.45) is 5.92 Å². The fraction of sp³-hybridized carbons (Fsp3) is 0.789. The highest BCUT2D eigenvalue weighted by molar-refractivity contribution is 5.35. The smallest absolute Gasteiger partial charge is 0.134 e. The maximum Gasteiger partial charge on any atom is 0.134 e. The second-order valence-corrected chi connectivity index (χ2v) is 8.39. The first-order chi connectivity index (χ1) is 9.88. The van der Waals surface area contributed by atoms with Gasteiger partial charge in [0, 0.05) is 11.3 Å². The second kappa shape index (κ2) is 5.37. The maximum atomic E-state index is 5.10. The lowest BCUT2D eigenvalue weighted by Crippen LogP contribution is -2.29. The molecule has 0 amide bonds. The molecule has 2 nitrogen and oxygen atoms in total.